The zero-order valence-corrected chi connectivity index (χ0v) is 11.0. The monoisotopic (exact) mass is 269 g/mol. The van der Waals surface area contributed by atoms with Crippen molar-refractivity contribution in [2.24, 2.45) is 5.73 Å². The lowest BCUT2D eigenvalue weighted by Gasteiger charge is -2.08. The van der Waals surface area contributed by atoms with Crippen LogP contribution >= 0.6 is 34.7 Å². The third-order valence-electron chi connectivity index (χ3n) is 2.18. The molecule has 0 atom stereocenters. The molecular formula is C12H12ClNS2. The average molecular weight is 270 g/mol. The van der Waals surface area contributed by atoms with Gasteiger partial charge in [0.05, 0.1) is 4.21 Å². The maximum Gasteiger partial charge on any atom is 0.0646 e. The van der Waals surface area contributed by atoms with Gasteiger partial charge in [-0.2, -0.15) is 0 Å². The van der Waals surface area contributed by atoms with Crippen molar-refractivity contribution in [3.05, 3.63) is 46.3 Å². The summed E-state index contributed by atoms with van der Waals surface area (Å²) < 4.78 is 1.28. The molecule has 4 heteroatoms. The molecule has 0 fully saturated rings. The number of thiophene rings is 1. The fourth-order valence-corrected chi connectivity index (χ4v) is 3.70. The average Bonchev–Trinajstić information content (AvgIpc) is 2.76. The topological polar surface area (TPSA) is 26.0 Å². The number of nitrogens with two attached hydrogens (primary N) is 1. The molecule has 16 heavy (non-hydrogen) atoms. The van der Waals surface area contributed by atoms with E-state index in [-0.39, 0.29) is 0 Å². The van der Waals surface area contributed by atoms with Crippen molar-refractivity contribution < 1.29 is 0 Å². The van der Waals surface area contributed by atoms with Crippen molar-refractivity contribution in [3.63, 3.8) is 0 Å². The predicted octanol–water partition coefficient (Wildman–Crippen LogP) is 4.05. The largest absolute Gasteiger partial charge is 0.330 e. The number of hydrogen-bond donors (Lipinski definition) is 1. The summed E-state index contributed by atoms with van der Waals surface area (Å²) in [4.78, 5) is 1.21. The second kappa shape index (κ2) is 5.73. The molecule has 1 aromatic heterocycles. The Kier molecular flexibility index (Phi) is 4.29. The van der Waals surface area contributed by atoms with Gasteiger partial charge in [0, 0.05) is 9.92 Å². The molecule has 2 N–H and O–H groups in total. The van der Waals surface area contributed by atoms with E-state index in [1.54, 1.807) is 23.1 Å². The van der Waals surface area contributed by atoms with Crippen LogP contribution < -0.4 is 5.73 Å². The molecular weight excluding hydrogens is 258 g/mol. The van der Waals surface area contributed by atoms with E-state index in [1.807, 2.05) is 12.1 Å². The first-order valence-corrected chi connectivity index (χ1v) is 7.07. The van der Waals surface area contributed by atoms with Gasteiger partial charge in [-0.25, -0.2) is 0 Å². The fraction of sp³-hybridized carbons (Fsp3) is 0.167. The Bertz CT molecular complexity index is 454. The third-order valence-corrected chi connectivity index (χ3v) is 4.67. The smallest absolute Gasteiger partial charge is 0.0646 e. The summed E-state index contributed by atoms with van der Waals surface area (Å²) >= 11 is 9.68. The molecule has 0 spiro atoms. The fourth-order valence-electron chi connectivity index (χ4n) is 1.45. The van der Waals surface area contributed by atoms with Crippen molar-refractivity contribution in [1.29, 1.82) is 0 Å². The van der Waals surface area contributed by atoms with Gasteiger partial charge in [0.15, 0.2) is 0 Å². The van der Waals surface area contributed by atoms with Gasteiger partial charge in [-0.05, 0) is 42.1 Å². The highest BCUT2D eigenvalue weighted by Gasteiger charge is 2.08. The molecule has 2 aromatic rings. The highest BCUT2D eigenvalue weighted by atomic mass is 35.5. The Morgan fingerprint density at radius 3 is 2.81 bits per heavy atom. The third kappa shape index (κ3) is 2.80. The summed E-state index contributed by atoms with van der Waals surface area (Å²) in [5, 5.41) is 2.89. The van der Waals surface area contributed by atoms with Crippen LogP contribution in [0, 0.1) is 0 Å². The predicted molar refractivity (Wildman–Crippen MR) is 72.7 cm³/mol. The molecule has 0 aliphatic heterocycles. The number of benzene rings is 1. The Hall–Kier alpha value is -0.480. The Balaban J connectivity index is 2.29. The molecule has 2 rings (SSSR count). The van der Waals surface area contributed by atoms with Crippen LogP contribution in [0.5, 0.6) is 0 Å². The van der Waals surface area contributed by atoms with E-state index < -0.39 is 0 Å². The minimum absolute atomic E-state index is 0.627. The number of rotatable bonds is 4. The highest BCUT2D eigenvalue weighted by Crippen LogP contribution is 2.36. The molecule has 1 nitrogen and oxygen atoms in total. The van der Waals surface area contributed by atoms with Crippen molar-refractivity contribution in [1.82, 2.24) is 0 Å². The minimum Gasteiger partial charge on any atom is -0.330 e. The second-order valence-corrected chi connectivity index (χ2v) is 5.99. The Labute approximate surface area is 109 Å². The van der Waals surface area contributed by atoms with Gasteiger partial charge in [0.1, 0.15) is 0 Å². The summed E-state index contributed by atoms with van der Waals surface area (Å²) in [6.07, 6.45) is 0.827. The van der Waals surface area contributed by atoms with E-state index in [4.69, 9.17) is 17.3 Å². The van der Waals surface area contributed by atoms with E-state index in [1.165, 1.54) is 9.10 Å². The molecule has 0 radical (unpaired) electrons. The summed E-state index contributed by atoms with van der Waals surface area (Å²) in [6, 6.07) is 10.2. The Morgan fingerprint density at radius 2 is 2.12 bits per heavy atom. The van der Waals surface area contributed by atoms with Crippen molar-refractivity contribution >= 4 is 34.7 Å². The lowest BCUT2D eigenvalue weighted by molar-refractivity contribution is 0.945. The Morgan fingerprint density at radius 1 is 1.25 bits per heavy atom. The molecule has 0 aliphatic rings. The molecule has 84 valence electrons. The molecule has 0 aliphatic carbocycles. The molecule has 0 saturated carbocycles. The molecule has 1 heterocycles. The summed E-state index contributed by atoms with van der Waals surface area (Å²) in [6.45, 7) is 0.627. The van der Waals surface area contributed by atoms with Gasteiger partial charge in [-0.1, -0.05) is 35.5 Å². The van der Waals surface area contributed by atoms with E-state index >= 15 is 0 Å². The second-order valence-electron chi connectivity index (χ2n) is 3.29. The van der Waals surface area contributed by atoms with Gasteiger partial charge in [-0.3, -0.25) is 0 Å². The van der Waals surface area contributed by atoms with Gasteiger partial charge in [0.2, 0.25) is 0 Å². The maximum atomic E-state index is 6.18. The van der Waals surface area contributed by atoms with Crippen LogP contribution in [0.1, 0.15) is 5.56 Å². The van der Waals surface area contributed by atoms with Crippen molar-refractivity contribution in [2.75, 3.05) is 6.54 Å². The zero-order valence-electron chi connectivity index (χ0n) is 8.65. The van der Waals surface area contributed by atoms with Crippen molar-refractivity contribution in [3.8, 4) is 0 Å². The number of halogens is 1. The van der Waals surface area contributed by atoms with E-state index in [0.29, 0.717) is 6.54 Å². The first kappa shape index (κ1) is 12.0. The molecule has 0 saturated heterocycles. The molecule has 1 aromatic carbocycles. The lowest BCUT2D eigenvalue weighted by Crippen LogP contribution is -2.04. The first-order valence-electron chi connectivity index (χ1n) is 5.00. The van der Waals surface area contributed by atoms with Gasteiger partial charge in [0.25, 0.3) is 0 Å². The van der Waals surface area contributed by atoms with Crippen LogP contribution in [-0.2, 0) is 6.42 Å². The molecule has 0 unspecified atom stereocenters. The van der Waals surface area contributed by atoms with Gasteiger partial charge >= 0.3 is 0 Å². The summed E-state index contributed by atoms with van der Waals surface area (Å²) in [5.41, 5.74) is 6.76. The van der Waals surface area contributed by atoms with Gasteiger partial charge < -0.3 is 5.73 Å². The van der Waals surface area contributed by atoms with Crippen LogP contribution in [0.2, 0.25) is 5.02 Å². The van der Waals surface area contributed by atoms with Crippen molar-refractivity contribution in [2.45, 2.75) is 15.5 Å². The standard InChI is InChI=1S/C12H12ClNS2/c13-10-3-1-4-11(9(10)6-7-14)16-12-5-2-8-15-12/h1-5,8H,6-7,14H2. The highest BCUT2D eigenvalue weighted by molar-refractivity contribution is 8.01. The van der Waals surface area contributed by atoms with Crippen LogP contribution in [0.25, 0.3) is 0 Å². The lowest BCUT2D eigenvalue weighted by atomic mass is 10.1. The molecule has 0 bridgehead atoms. The van der Waals surface area contributed by atoms with Crippen LogP contribution in [0.3, 0.4) is 0 Å². The number of hydrogen-bond acceptors (Lipinski definition) is 3. The van der Waals surface area contributed by atoms with E-state index in [0.717, 1.165) is 17.0 Å². The normalized spacial score (nSPS) is 10.6. The maximum absolute atomic E-state index is 6.18. The minimum atomic E-state index is 0.627. The van der Waals surface area contributed by atoms with Crippen LogP contribution in [0.15, 0.2) is 44.8 Å². The zero-order chi connectivity index (χ0) is 11.4. The van der Waals surface area contributed by atoms with Gasteiger partial charge in [-0.15, -0.1) is 11.3 Å². The summed E-state index contributed by atoms with van der Waals surface area (Å²) in [7, 11) is 0. The first-order chi connectivity index (χ1) is 7.81. The molecule has 0 amide bonds. The van der Waals surface area contributed by atoms with Crippen LogP contribution in [0.4, 0.5) is 0 Å². The van der Waals surface area contributed by atoms with E-state index in [9.17, 15) is 0 Å². The SMILES string of the molecule is NCCc1c(Cl)cccc1Sc1cccs1. The van der Waals surface area contributed by atoms with E-state index in [2.05, 4.69) is 23.6 Å². The quantitative estimate of drug-likeness (QED) is 0.906. The van der Waals surface area contributed by atoms with Crippen LogP contribution in [-0.4, -0.2) is 6.54 Å². The summed E-state index contributed by atoms with van der Waals surface area (Å²) in [5.74, 6) is 0.